The number of halogens is 3. The van der Waals surface area contributed by atoms with Gasteiger partial charge in [0.15, 0.2) is 17.5 Å². The number of carbonyl (C=O) groups is 2. The topological polar surface area (TPSA) is 61.4 Å². The largest absolute Gasteiger partial charge is 0.355 e. The highest BCUT2D eigenvalue weighted by Crippen LogP contribution is 2.19. The van der Waals surface area contributed by atoms with Crippen LogP contribution >= 0.6 is 0 Å². The second-order valence-electron chi connectivity index (χ2n) is 6.20. The standard InChI is InChI=1S/C18H22F3N3O2/c1-3-5-24-10-12(9-15(24)18(26)22-4-2)23-16(25)8-11-6-13(19)17(21)14(20)7-11/h3,6-7,12,15H,1,4-5,8-10H2,2H3,(H,22,26)(H,23,25)/t12-,15-/m0/s1. The quantitative estimate of drug-likeness (QED) is 0.566. The summed E-state index contributed by atoms with van der Waals surface area (Å²) in [6, 6.07) is 0.951. The molecule has 0 aromatic heterocycles. The van der Waals surface area contributed by atoms with Crippen LogP contribution in [0.4, 0.5) is 13.2 Å². The van der Waals surface area contributed by atoms with E-state index < -0.39 is 23.4 Å². The van der Waals surface area contributed by atoms with Crippen molar-refractivity contribution in [2.75, 3.05) is 19.6 Å². The van der Waals surface area contributed by atoms with E-state index in [9.17, 15) is 22.8 Å². The number of likely N-dealkylation sites (tertiary alicyclic amines) is 1. The predicted octanol–water partition coefficient (Wildman–Crippen LogP) is 1.53. The number of likely N-dealkylation sites (N-methyl/N-ethyl adjacent to an activating group) is 1. The second kappa shape index (κ2) is 8.84. The highest BCUT2D eigenvalue weighted by Gasteiger charge is 2.36. The average Bonchev–Trinajstić information content (AvgIpc) is 2.95. The maximum Gasteiger partial charge on any atom is 0.237 e. The Morgan fingerprint density at radius 3 is 2.54 bits per heavy atom. The van der Waals surface area contributed by atoms with E-state index in [1.807, 2.05) is 11.8 Å². The second-order valence-corrected chi connectivity index (χ2v) is 6.20. The number of hydrogen-bond acceptors (Lipinski definition) is 3. The van der Waals surface area contributed by atoms with Gasteiger partial charge in [0, 0.05) is 25.7 Å². The minimum atomic E-state index is -1.56. The summed E-state index contributed by atoms with van der Waals surface area (Å²) in [6.45, 7) is 6.97. The van der Waals surface area contributed by atoms with Crippen molar-refractivity contribution in [2.24, 2.45) is 0 Å². The summed E-state index contributed by atoms with van der Waals surface area (Å²) in [6.07, 6.45) is 1.83. The van der Waals surface area contributed by atoms with Crippen molar-refractivity contribution in [3.8, 4) is 0 Å². The van der Waals surface area contributed by atoms with Crippen LogP contribution in [0.25, 0.3) is 0 Å². The minimum absolute atomic E-state index is 0.0418. The molecule has 1 aromatic rings. The molecule has 5 nitrogen and oxygen atoms in total. The number of nitrogens with one attached hydrogen (secondary N) is 2. The van der Waals surface area contributed by atoms with Gasteiger partial charge in [-0.3, -0.25) is 14.5 Å². The minimum Gasteiger partial charge on any atom is -0.355 e. The summed E-state index contributed by atoms with van der Waals surface area (Å²) in [5.74, 6) is -4.79. The fourth-order valence-corrected chi connectivity index (χ4v) is 3.11. The Bertz CT molecular complexity index is 673. The summed E-state index contributed by atoms with van der Waals surface area (Å²) in [5.41, 5.74) is 0.0418. The normalized spacial score (nSPS) is 20.0. The molecule has 0 bridgehead atoms. The fourth-order valence-electron chi connectivity index (χ4n) is 3.11. The molecular weight excluding hydrogens is 347 g/mol. The van der Waals surface area contributed by atoms with Gasteiger partial charge < -0.3 is 10.6 Å². The fraction of sp³-hybridized carbons (Fsp3) is 0.444. The molecular formula is C18H22F3N3O2. The molecule has 0 saturated carbocycles. The first-order valence-corrected chi connectivity index (χ1v) is 8.41. The summed E-state index contributed by atoms with van der Waals surface area (Å²) < 4.78 is 39.4. The van der Waals surface area contributed by atoms with Crippen LogP contribution in [0.3, 0.4) is 0 Å². The van der Waals surface area contributed by atoms with Gasteiger partial charge in [-0.15, -0.1) is 6.58 Å². The van der Waals surface area contributed by atoms with Crippen LogP contribution in [-0.4, -0.2) is 48.4 Å². The van der Waals surface area contributed by atoms with Crippen LogP contribution in [0.5, 0.6) is 0 Å². The van der Waals surface area contributed by atoms with Crippen LogP contribution in [0.15, 0.2) is 24.8 Å². The highest BCUT2D eigenvalue weighted by atomic mass is 19.2. The molecule has 1 aromatic carbocycles. The van der Waals surface area contributed by atoms with E-state index in [1.54, 1.807) is 6.08 Å². The molecule has 1 saturated heterocycles. The molecule has 8 heteroatoms. The van der Waals surface area contributed by atoms with Crippen LogP contribution in [0.2, 0.25) is 0 Å². The van der Waals surface area contributed by atoms with Crippen LogP contribution in [0, 0.1) is 17.5 Å². The highest BCUT2D eigenvalue weighted by molar-refractivity contribution is 5.83. The van der Waals surface area contributed by atoms with E-state index in [4.69, 9.17) is 0 Å². The average molecular weight is 369 g/mol. The molecule has 0 radical (unpaired) electrons. The lowest BCUT2D eigenvalue weighted by atomic mass is 10.1. The zero-order valence-electron chi connectivity index (χ0n) is 14.5. The van der Waals surface area contributed by atoms with Gasteiger partial charge in [0.1, 0.15) is 0 Å². The molecule has 1 heterocycles. The van der Waals surface area contributed by atoms with Gasteiger partial charge in [0.25, 0.3) is 0 Å². The summed E-state index contributed by atoms with van der Waals surface area (Å²) in [7, 11) is 0. The van der Waals surface area contributed by atoms with Crippen molar-refractivity contribution in [1.29, 1.82) is 0 Å². The van der Waals surface area contributed by atoms with E-state index >= 15 is 0 Å². The molecule has 2 atom stereocenters. The van der Waals surface area contributed by atoms with Crippen molar-refractivity contribution in [3.63, 3.8) is 0 Å². The number of hydrogen-bond donors (Lipinski definition) is 2. The molecule has 2 rings (SSSR count). The Morgan fingerprint density at radius 2 is 1.96 bits per heavy atom. The Kier molecular flexibility index (Phi) is 6.79. The third-order valence-corrected chi connectivity index (χ3v) is 4.19. The Balaban J connectivity index is 1.98. The molecule has 1 aliphatic rings. The molecule has 0 spiro atoms. The van der Waals surface area contributed by atoms with E-state index in [1.165, 1.54) is 0 Å². The molecule has 2 amide bonds. The lowest BCUT2D eigenvalue weighted by molar-refractivity contribution is -0.125. The molecule has 1 fully saturated rings. The Labute approximate surface area is 150 Å². The van der Waals surface area contributed by atoms with Crippen molar-refractivity contribution >= 4 is 11.8 Å². The smallest absolute Gasteiger partial charge is 0.237 e. The maximum absolute atomic E-state index is 13.2. The third kappa shape index (κ3) is 4.85. The van der Waals surface area contributed by atoms with Crippen LogP contribution in [0.1, 0.15) is 18.9 Å². The van der Waals surface area contributed by atoms with E-state index in [0.29, 0.717) is 26.1 Å². The SMILES string of the molecule is C=CCN1C[C@@H](NC(=O)Cc2cc(F)c(F)c(F)c2)C[C@H]1C(=O)NCC. The van der Waals surface area contributed by atoms with E-state index in [0.717, 1.165) is 12.1 Å². The predicted molar refractivity (Wildman–Crippen MR) is 90.8 cm³/mol. The first-order chi connectivity index (χ1) is 12.3. The van der Waals surface area contributed by atoms with Gasteiger partial charge in [0.2, 0.25) is 11.8 Å². The Hall–Kier alpha value is -2.35. The van der Waals surface area contributed by atoms with Gasteiger partial charge in [-0.25, -0.2) is 13.2 Å². The number of benzene rings is 1. The monoisotopic (exact) mass is 369 g/mol. The summed E-state index contributed by atoms with van der Waals surface area (Å²) >= 11 is 0. The first kappa shape index (κ1) is 20.0. The van der Waals surface area contributed by atoms with Crippen LogP contribution < -0.4 is 10.6 Å². The van der Waals surface area contributed by atoms with Gasteiger partial charge >= 0.3 is 0 Å². The van der Waals surface area contributed by atoms with Crippen molar-refractivity contribution in [3.05, 3.63) is 47.8 Å². The zero-order chi connectivity index (χ0) is 19.3. The summed E-state index contributed by atoms with van der Waals surface area (Å²) in [4.78, 5) is 26.2. The maximum atomic E-state index is 13.2. The van der Waals surface area contributed by atoms with Gasteiger partial charge in [-0.2, -0.15) is 0 Å². The number of rotatable bonds is 7. The van der Waals surface area contributed by atoms with Gasteiger partial charge in [-0.05, 0) is 31.0 Å². The molecule has 0 aliphatic carbocycles. The van der Waals surface area contributed by atoms with Crippen molar-refractivity contribution in [1.82, 2.24) is 15.5 Å². The summed E-state index contributed by atoms with van der Waals surface area (Å²) in [5, 5.41) is 5.52. The van der Waals surface area contributed by atoms with E-state index in [-0.39, 0.29) is 30.0 Å². The van der Waals surface area contributed by atoms with Crippen molar-refractivity contribution in [2.45, 2.75) is 31.8 Å². The number of nitrogens with zero attached hydrogens (tertiary/aromatic N) is 1. The lowest BCUT2D eigenvalue weighted by Crippen LogP contribution is -2.43. The Morgan fingerprint density at radius 1 is 1.31 bits per heavy atom. The molecule has 1 aliphatic heterocycles. The zero-order valence-corrected chi connectivity index (χ0v) is 14.5. The van der Waals surface area contributed by atoms with Crippen LogP contribution in [-0.2, 0) is 16.0 Å². The van der Waals surface area contributed by atoms with Gasteiger partial charge in [0.05, 0.1) is 12.5 Å². The first-order valence-electron chi connectivity index (χ1n) is 8.41. The molecule has 0 unspecified atom stereocenters. The van der Waals surface area contributed by atoms with Crippen molar-refractivity contribution < 1.29 is 22.8 Å². The number of amides is 2. The number of carbonyl (C=O) groups excluding carboxylic acids is 2. The third-order valence-electron chi connectivity index (χ3n) is 4.19. The van der Waals surface area contributed by atoms with Gasteiger partial charge in [-0.1, -0.05) is 6.08 Å². The molecule has 142 valence electrons. The van der Waals surface area contributed by atoms with E-state index in [2.05, 4.69) is 17.2 Å². The molecule has 2 N–H and O–H groups in total. The lowest BCUT2D eigenvalue weighted by Gasteiger charge is -2.21. The molecule has 26 heavy (non-hydrogen) atoms.